The Morgan fingerprint density at radius 2 is 2.12 bits per heavy atom. The molecule has 1 heterocycles. The lowest BCUT2D eigenvalue weighted by Crippen LogP contribution is -2.31. The largest absolute Gasteiger partial charge is 0.496 e. The summed E-state index contributed by atoms with van der Waals surface area (Å²) < 4.78 is 19.9. The lowest BCUT2D eigenvalue weighted by Gasteiger charge is -2.17. The van der Waals surface area contributed by atoms with Gasteiger partial charge in [-0.05, 0) is 37.6 Å². The number of benzene rings is 1. The molecule has 0 spiro atoms. The fraction of sp³-hybridized carbons (Fsp3) is 0.353. The van der Waals surface area contributed by atoms with E-state index in [-0.39, 0.29) is 11.3 Å². The fourth-order valence-electron chi connectivity index (χ4n) is 2.33. The maximum Gasteiger partial charge on any atom is 0.272 e. The van der Waals surface area contributed by atoms with Crippen LogP contribution in [0.3, 0.4) is 0 Å². The highest BCUT2D eigenvalue weighted by Crippen LogP contribution is 2.25. The molecule has 128 valence electrons. The van der Waals surface area contributed by atoms with Gasteiger partial charge in [0.2, 0.25) is 0 Å². The van der Waals surface area contributed by atoms with Crippen LogP contribution in [0, 0.1) is 5.82 Å². The van der Waals surface area contributed by atoms with Crippen LogP contribution in [0.15, 0.2) is 35.1 Å². The molecule has 0 saturated carbocycles. The molecular weight excluding hydrogens is 313 g/mol. The molecular formula is C17H20FN3O3. The number of aromatic nitrogens is 2. The zero-order valence-electron chi connectivity index (χ0n) is 13.9. The zero-order valence-corrected chi connectivity index (χ0v) is 13.9. The summed E-state index contributed by atoms with van der Waals surface area (Å²) in [5, 5.41) is 6.80. The normalized spacial score (nSPS) is 11.8. The summed E-state index contributed by atoms with van der Waals surface area (Å²) in [6, 6.07) is 6.31. The number of ether oxygens (including phenoxy) is 1. The first-order valence-corrected chi connectivity index (χ1v) is 7.68. The third-order valence-corrected chi connectivity index (χ3v) is 3.54. The Hall–Kier alpha value is -2.70. The Morgan fingerprint density at radius 3 is 2.79 bits per heavy atom. The van der Waals surface area contributed by atoms with Gasteiger partial charge in [-0.25, -0.2) is 9.07 Å². The topological polar surface area (TPSA) is 73.2 Å². The van der Waals surface area contributed by atoms with E-state index in [4.69, 9.17) is 4.74 Å². The fourth-order valence-corrected chi connectivity index (χ4v) is 2.33. The lowest BCUT2D eigenvalue weighted by molar-refractivity contribution is 0.0931. The van der Waals surface area contributed by atoms with Gasteiger partial charge in [-0.3, -0.25) is 9.59 Å². The number of hydrogen-bond acceptors (Lipinski definition) is 4. The van der Waals surface area contributed by atoms with Gasteiger partial charge in [0.15, 0.2) is 0 Å². The summed E-state index contributed by atoms with van der Waals surface area (Å²) in [4.78, 5) is 24.0. The molecule has 0 unspecified atom stereocenters. The minimum Gasteiger partial charge on any atom is -0.496 e. The van der Waals surface area contributed by atoms with Crippen molar-refractivity contribution in [3.8, 4) is 5.75 Å². The first kappa shape index (κ1) is 17.7. The Balaban J connectivity index is 2.22. The Labute approximate surface area is 139 Å². The van der Waals surface area contributed by atoms with Crippen molar-refractivity contribution in [1.82, 2.24) is 15.1 Å². The van der Waals surface area contributed by atoms with E-state index in [1.54, 1.807) is 6.92 Å². The number of hydrogen-bond donors (Lipinski definition) is 1. The van der Waals surface area contributed by atoms with Gasteiger partial charge in [-0.15, -0.1) is 0 Å². The average Bonchev–Trinajstić information content (AvgIpc) is 2.56. The molecule has 1 amide bonds. The zero-order chi connectivity index (χ0) is 17.7. The molecule has 7 heteroatoms. The lowest BCUT2D eigenvalue weighted by atomic mass is 10.1. The van der Waals surface area contributed by atoms with Crippen LogP contribution in [0.4, 0.5) is 4.39 Å². The Bertz CT molecular complexity index is 789. The number of nitrogens with one attached hydrogen (secondary N) is 1. The van der Waals surface area contributed by atoms with Crippen LogP contribution in [0.5, 0.6) is 5.75 Å². The van der Waals surface area contributed by atoms with E-state index in [0.717, 1.165) is 6.42 Å². The molecule has 24 heavy (non-hydrogen) atoms. The molecule has 0 aliphatic carbocycles. The van der Waals surface area contributed by atoms with E-state index in [1.807, 2.05) is 6.92 Å². The molecule has 2 rings (SSSR count). The second kappa shape index (κ2) is 7.72. The van der Waals surface area contributed by atoms with Gasteiger partial charge >= 0.3 is 0 Å². The van der Waals surface area contributed by atoms with Crippen LogP contribution in [0.1, 0.15) is 42.4 Å². The van der Waals surface area contributed by atoms with Crippen molar-refractivity contribution in [1.29, 1.82) is 0 Å². The molecule has 1 aromatic heterocycles. The van der Waals surface area contributed by atoms with Crippen LogP contribution in [0.2, 0.25) is 0 Å². The second-order valence-corrected chi connectivity index (χ2v) is 5.36. The maximum absolute atomic E-state index is 13.5. The highest BCUT2D eigenvalue weighted by Gasteiger charge is 2.17. The second-order valence-electron chi connectivity index (χ2n) is 5.36. The van der Waals surface area contributed by atoms with Gasteiger partial charge in [0.05, 0.1) is 13.2 Å². The molecule has 2 aromatic rings. The molecule has 0 aliphatic heterocycles. The molecule has 0 saturated heterocycles. The van der Waals surface area contributed by atoms with Crippen molar-refractivity contribution in [3.63, 3.8) is 0 Å². The molecule has 0 aliphatic rings. The average molecular weight is 333 g/mol. The Morgan fingerprint density at radius 1 is 1.38 bits per heavy atom. The Kier molecular flexibility index (Phi) is 5.68. The van der Waals surface area contributed by atoms with Gasteiger partial charge in [-0.2, -0.15) is 5.10 Å². The predicted molar refractivity (Wildman–Crippen MR) is 87.6 cm³/mol. The standard InChI is InChI=1S/C17H20FN3O3/c1-4-9-21-16(22)8-6-14(20-21)17(23)19-11(2)13-10-12(18)5-7-15(13)24-3/h5-8,10-11H,4,9H2,1-3H3,(H,19,23)/t11-/m1/s1. The quantitative estimate of drug-likeness (QED) is 0.880. The van der Waals surface area contributed by atoms with Crippen molar-refractivity contribution in [2.24, 2.45) is 0 Å². The van der Waals surface area contributed by atoms with Gasteiger partial charge in [-0.1, -0.05) is 6.92 Å². The maximum atomic E-state index is 13.5. The first-order valence-electron chi connectivity index (χ1n) is 7.68. The number of amides is 1. The third-order valence-electron chi connectivity index (χ3n) is 3.54. The molecule has 1 atom stereocenters. The van der Waals surface area contributed by atoms with Crippen LogP contribution < -0.4 is 15.6 Å². The third kappa shape index (κ3) is 3.98. The SMILES string of the molecule is CCCn1nc(C(=O)N[C@H](C)c2cc(F)ccc2OC)ccc1=O. The highest BCUT2D eigenvalue weighted by molar-refractivity contribution is 5.92. The van der Waals surface area contributed by atoms with Gasteiger partial charge in [0, 0.05) is 18.2 Å². The minimum atomic E-state index is -0.489. The number of aryl methyl sites for hydroxylation is 1. The van der Waals surface area contributed by atoms with Crippen molar-refractivity contribution in [2.45, 2.75) is 32.9 Å². The van der Waals surface area contributed by atoms with E-state index >= 15 is 0 Å². The van der Waals surface area contributed by atoms with Crippen LogP contribution in [0.25, 0.3) is 0 Å². The summed E-state index contributed by atoms with van der Waals surface area (Å²) in [5.74, 6) is -0.381. The van der Waals surface area contributed by atoms with Gasteiger partial charge in [0.1, 0.15) is 17.3 Å². The summed E-state index contributed by atoms with van der Waals surface area (Å²) >= 11 is 0. The van der Waals surface area contributed by atoms with Crippen LogP contribution in [-0.4, -0.2) is 22.8 Å². The van der Waals surface area contributed by atoms with E-state index in [9.17, 15) is 14.0 Å². The summed E-state index contributed by atoms with van der Waals surface area (Å²) in [6.45, 7) is 4.07. The van der Waals surface area contributed by atoms with Crippen molar-refractivity contribution >= 4 is 5.91 Å². The summed E-state index contributed by atoms with van der Waals surface area (Å²) in [5.41, 5.74) is 0.395. The number of rotatable bonds is 6. The molecule has 0 bridgehead atoms. The van der Waals surface area contributed by atoms with E-state index in [2.05, 4.69) is 10.4 Å². The molecule has 6 nitrogen and oxygen atoms in total. The van der Waals surface area contributed by atoms with Crippen molar-refractivity contribution in [3.05, 3.63) is 57.8 Å². The van der Waals surface area contributed by atoms with E-state index < -0.39 is 17.8 Å². The molecule has 0 radical (unpaired) electrons. The number of halogens is 1. The predicted octanol–water partition coefficient (Wildman–Crippen LogP) is 2.29. The number of nitrogens with zero attached hydrogens (tertiary/aromatic N) is 2. The number of carbonyl (C=O) groups excluding carboxylic acids is 1. The smallest absolute Gasteiger partial charge is 0.272 e. The van der Waals surface area contributed by atoms with Crippen LogP contribution in [-0.2, 0) is 6.54 Å². The number of carbonyl (C=O) groups is 1. The van der Waals surface area contributed by atoms with Gasteiger partial charge in [0.25, 0.3) is 11.5 Å². The molecule has 1 aromatic carbocycles. The first-order chi connectivity index (χ1) is 11.5. The highest BCUT2D eigenvalue weighted by atomic mass is 19.1. The minimum absolute atomic E-state index is 0.130. The summed E-state index contributed by atoms with van der Waals surface area (Å²) in [7, 11) is 1.48. The van der Waals surface area contributed by atoms with E-state index in [1.165, 1.54) is 42.1 Å². The van der Waals surface area contributed by atoms with Gasteiger partial charge < -0.3 is 10.1 Å². The van der Waals surface area contributed by atoms with Crippen LogP contribution >= 0.6 is 0 Å². The summed E-state index contributed by atoms with van der Waals surface area (Å²) in [6.07, 6.45) is 0.731. The molecule has 1 N–H and O–H groups in total. The number of methoxy groups -OCH3 is 1. The van der Waals surface area contributed by atoms with E-state index in [0.29, 0.717) is 17.9 Å². The monoisotopic (exact) mass is 333 g/mol. The van der Waals surface area contributed by atoms with Crippen molar-refractivity contribution in [2.75, 3.05) is 7.11 Å². The van der Waals surface area contributed by atoms with Crippen molar-refractivity contribution < 1.29 is 13.9 Å². The molecule has 0 fully saturated rings.